The fourth-order valence-electron chi connectivity index (χ4n) is 0.781. The lowest BCUT2D eigenvalue weighted by atomic mass is 10.1. The lowest BCUT2D eigenvalue weighted by Gasteiger charge is -2.11. The first-order valence-electron chi connectivity index (χ1n) is 3.38. The van der Waals surface area contributed by atoms with Gasteiger partial charge in [-0.25, -0.2) is 4.79 Å². The van der Waals surface area contributed by atoms with E-state index in [2.05, 4.69) is 11.9 Å². The average Bonchev–Trinajstić information content (AvgIpc) is 2.05. The summed E-state index contributed by atoms with van der Waals surface area (Å²) < 4.78 is 0. The van der Waals surface area contributed by atoms with Crippen LogP contribution in [0, 0.1) is 0 Å². The monoisotopic (exact) mass is 169 g/mol. The number of aliphatic carboxylic acids is 1. The van der Waals surface area contributed by atoms with Gasteiger partial charge >= 0.3 is 5.97 Å². The smallest absolute Gasteiger partial charge is 0.330 e. The van der Waals surface area contributed by atoms with Gasteiger partial charge in [-0.05, 0) is 12.5 Å². The molecule has 1 amide bonds. The summed E-state index contributed by atoms with van der Waals surface area (Å²) >= 11 is 0. The quantitative estimate of drug-likeness (QED) is 0.460. The van der Waals surface area contributed by atoms with Crippen molar-refractivity contribution in [3.63, 3.8) is 0 Å². The minimum atomic E-state index is -1.10. The first-order chi connectivity index (χ1) is 5.67. The number of rotatable bonds is 5. The molecule has 0 aromatic heterocycles. The van der Waals surface area contributed by atoms with Crippen molar-refractivity contribution in [3.8, 4) is 0 Å². The maximum atomic E-state index is 10.5. The minimum absolute atomic E-state index is 0.353. The van der Waals surface area contributed by atoms with Crippen molar-refractivity contribution in [1.29, 1.82) is 0 Å². The van der Waals surface area contributed by atoms with Crippen LogP contribution in [0.2, 0.25) is 0 Å². The summed E-state index contributed by atoms with van der Waals surface area (Å²) in [5.74, 6) is -1.10. The summed E-state index contributed by atoms with van der Waals surface area (Å²) in [4.78, 5) is 20.6. The van der Waals surface area contributed by atoms with Crippen LogP contribution in [-0.4, -0.2) is 23.5 Å². The van der Waals surface area contributed by atoms with Crippen LogP contribution >= 0.6 is 0 Å². The Hall–Kier alpha value is -1.58. The van der Waals surface area contributed by atoms with Gasteiger partial charge in [-0.1, -0.05) is 18.7 Å². The van der Waals surface area contributed by atoms with E-state index in [9.17, 15) is 9.59 Å². The zero-order valence-electron chi connectivity index (χ0n) is 6.78. The highest BCUT2D eigenvalue weighted by Gasteiger charge is 2.17. The fraction of sp³-hybridized carbons (Fsp3) is 0.250. The molecule has 0 saturated carbocycles. The molecule has 0 saturated heterocycles. The molecule has 0 aliphatic carbocycles. The van der Waals surface area contributed by atoms with Gasteiger partial charge in [0.15, 0.2) is 6.04 Å². The zero-order valence-corrected chi connectivity index (χ0v) is 6.78. The SMILES string of the molecule is C=C/C(=C\C)[C@H](NC=O)C(=O)O. The van der Waals surface area contributed by atoms with Crippen molar-refractivity contribution < 1.29 is 14.7 Å². The van der Waals surface area contributed by atoms with Crippen LogP contribution in [-0.2, 0) is 9.59 Å². The summed E-state index contributed by atoms with van der Waals surface area (Å²) in [5.41, 5.74) is 0.467. The van der Waals surface area contributed by atoms with Gasteiger partial charge in [0.25, 0.3) is 0 Å². The number of carboxylic acids is 1. The Balaban J connectivity index is 4.58. The van der Waals surface area contributed by atoms with E-state index >= 15 is 0 Å². The van der Waals surface area contributed by atoms with Crippen LogP contribution in [0.5, 0.6) is 0 Å². The van der Waals surface area contributed by atoms with Crippen molar-refractivity contribution in [2.75, 3.05) is 0 Å². The predicted octanol–water partition coefficient (Wildman–Crippen LogP) is 0.318. The molecular weight excluding hydrogens is 158 g/mol. The van der Waals surface area contributed by atoms with Gasteiger partial charge in [0.1, 0.15) is 0 Å². The number of amides is 1. The molecule has 0 heterocycles. The van der Waals surface area contributed by atoms with Crippen molar-refractivity contribution >= 4 is 12.4 Å². The van der Waals surface area contributed by atoms with Crippen molar-refractivity contribution in [1.82, 2.24) is 5.32 Å². The van der Waals surface area contributed by atoms with E-state index in [1.165, 1.54) is 6.08 Å². The maximum Gasteiger partial charge on any atom is 0.330 e. The molecule has 2 N–H and O–H groups in total. The van der Waals surface area contributed by atoms with Crippen LogP contribution in [0.15, 0.2) is 24.3 Å². The second-order valence-electron chi connectivity index (χ2n) is 2.05. The van der Waals surface area contributed by atoms with Gasteiger partial charge < -0.3 is 10.4 Å². The lowest BCUT2D eigenvalue weighted by molar-refractivity contribution is -0.139. The highest BCUT2D eigenvalue weighted by molar-refractivity contribution is 5.80. The Labute approximate surface area is 70.6 Å². The number of carbonyl (C=O) groups is 2. The Bertz CT molecular complexity index is 220. The molecule has 0 aliphatic heterocycles. The summed E-state index contributed by atoms with van der Waals surface area (Å²) in [7, 11) is 0. The first kappa shape index (κ1) is 10.4. The number of hydrogen-bond donors (Lipinski definition) is 2. The second-order valence-corrected chi connectivity index (χ2v) is 2.05. The molecule has 0 aromatic rings. The molecule has 4 nitrogen and oxygen atoms in total. The van der Waals surface area contributed by atoms with Crippen LogP contribution in [0.4, 0.5) is 0 Å². The average molecular weight is 169 g/mol. The van der Waals surface area contributed by atoms with Gasteiger partial charge in [-0.2, -0.15) is 0 Å². The molecule has 0 aromatic carbocycles. The maximum absolute atomic E-state index is 10.5. The summed E-state index contributed by atoms with van der Waals surface area (Å²) in [6.07, 6.45) is 3.34. The van der Waals surface area contributed by atoms with Crippen LogP contribution in [0.1, 0.15) is 6.92 Å². The molecule has 0 spiro atoms. The second kappa shape index (κ2) is 5.12. The van der Waals surface area contributed by atoms with E-state index in [0.717, 1.165) is 0 Å². The molecule has 0 aliphatic rings. The van der Waals surface area contributed by atoms with E-state index < -0.39 is 12.0 Å². The molecule has 0 bridgehead atoms. The van der Waals surface area contributed by atoms with Crippen LogP contribution < -0.4 is 5.32 Å². The van der Waals surface area contributed by atoms with Crippen LogP contribution in [0.25, 0.3) is 0 Å². The van der Waals surface area contributed by atoms with Gasteiger partial charge in [-0.15, -0.1) is 0 Å². The summed E-state index contributed by atoms with van der Waals surface area (Å²) in [5, 5.41) is 10.8. The molecule has 1 atom stereocenters. The highest BCUT2D eigenvalue weighted by Crippen LogP contribution is 2.02. The van der Waals surface area contributed by atoms with E-state index in [1.54, 1.807) is 13.0 Å². The van der Waals surface area contributed by atoms with Gasteiger partial charge in [0.05, 0.1) is 0 Å². The topological polar surface area (TPSA) is 66.4 Å². The molecule has 0 fully saturated rings. The number of carbonyl (C=O) groups excluding carboxylic acids is 1. The highest BCUT2D eigenvalue weighted by atomic mass is 16.4. The first-order valence-corrected chi connectivity index (χ1v) is 3.38. The fourth-order valence-corrected chi connectivity index (χ4v) is 0.781. The molecule has 0 unspecified atom stereocenters. The Morgan fingerprint density at radius 1 is 1.67 bits per heavy atom. The van der Waals surface area contributed by atoms with Crippen molar-refractivity contribution in [2.24, 2.45) is 0 Å². The third kappa shape index (κ3) is 2.57. The largest absolute Gasteiger partial charge is 0.479 e. The minimum Gasteiger partial charge on any atom is -0.479 e. The standard InChI is InChI=1S/C8H11NO3/c1-3-6(4-2)7(8(11)12)9-5-10/h3-5,7H,1H2,2H3,(H,9,10)(H,11,12)/b6-4+/t7-/m0/s1. The van der Waals surface area contributed by atoms with Crippen molar-refractivity contribution in [2.45, 2.75) is 13.0 Å². The summed E-state index contributed by atoms with van der Waals surface area (Å²) in [6.45, 7) is 5.11. The van der Waals surface area contributed by atoms with E-state index in [1.807, 2.05) is 0 Å². The molecular formula is C8H11NO3. The number of carboxylic acid groups (broad SMARTS) is 1. The lowest BCUT2D eigenvalue weighted by Crippen LogP contribution is -2.36. The third-order valence-electron chi connectivity index (χ3n) is 1.38. The van der Waals surface area contributed by atoms with Crippen LogP contribution in [0.3, 0.4) is 0 Å². The number of hydrogen-bond acceptors (Lipinski definition) is 2. The molecule has 0 rings (SSSR count). The Kier molecular flexibility index (Phi) is 4.45. The molecule has 0 radical (unpaired) electrons. The Morgan fingerprint density at radius 3 is 2.50 bits per heavy atom. The Morgan fingerprint density at radius 2 is 2.25 bits per heavy atom. The van der Waals surface area contributed by atoms with E-state index in [4.69, 9.17) is 5.11 Å². The van der Waals surface area contributed by atoms with Gasteiger partial charge in [-0.3, -0.25) is 4.79 Å². The van der Waals surface area contributed by atoms with Gasteiger partial charge in [0, 0.05) is 0 Å². The number of nitrogens with one attached hydrogen (secondary N) is 1. The third-order valence-corrected chi connectivity index (χ3v) is 1.38. The molecule has 4 heteroatoms. The van der Waals surface area contributed by atoms with E-state index in [-0.39, 0.29) is 0 Å². The molecule has 12 heavy (non-hydrogen) atoms. The predicted molar refractivity (Wildman–Crippen MR) is 44.6 cm³/mol. The van der Waals surface area contributed by atoms with Gasteiger partial charge in [0.2, 0.25) is 6.41 Å². The summed E-state index contributed by atoms with van der Waals surface area (Å²) in [6, 6.07) is -0.995. The number of allylic oxidation sites excluding steroid dienone is 1. The van der Waals surface area contributed by atoms with Crippen molar-refractivity contribution in [3.05, 3.63) is 24.3 Å². The molecule has 66 valence electrons. The normalized spacial score (nSPS) is 13.2. The zero-order chi connectivity index (χ0) is 9.56. The van der Waals surface area contributed by atoms with E-state index in [0.29, 0.717) is 12.0 Å².